The Balaban J connectivity index is 1.53. The lowest BCUT2D eigenvalue weighted by Crippen LogP contribution is -2.66. The summed E-state index contributed by atoms with van der Waals surface area (Å²) in [5.41, 5.74) is -0.717. The number of carbonyl (C=O) groups excluding carboxylic acids is 1. The number of rotatable bonds is 3. The Labute approximate surface area is 152 Å². The zero-order valence-corrected chi connectivity index (χ0v) is 14.9. The van der Waals surface area contributed by atoms with Crippen molar-refractivity contribution in [2.24, 2.45) is 5.92 Å². The number of likely N-dealkylation sites (N-methyl/N-ethyl adjacent to an activating group) is 1. The first-order valence-electron chi connectivity index (χ1n) is 9.29. The summed E-state index contributed by atoms with van der Waals surface area (Å²) >= 11 is 0. The highest BCUT2D eigenvalue weighted by atomic mass is 19.2. The van der Waals surface area contributed by atoms with E-state index in [1.165, 1.54) is 6.07 Å². The maximum atomic E-state index is 13.7. The molecule has 26 heavy (non-hydrogen) atoms. The third kappa shape index (κ3) is 2.92. The van der Waals surface area contributed by atoms with Gasteiger partial charge in [0.05, 0.1) is 6.04 Å². The summed E-state index contributed by atoms with van der Waals surface area (Å²) in [6.07, 6.45) is 2.37. The van der Waals surface area contributed by atoms with Gasteiger partial charge in [0.25, 0.3) is 5.91 Å². The van der Waals surface area contributed by atoms with E-state index in [1.54, 1.807) is 6.07 Å². The van der Waals surface area contributed by atoms with Gasteiger partial charge in [0, 0.05) is 25.0 Å². The van der Waals surface area contributed by atoms with Crippen LogP contribution in [0.4, 0.5) is 8.78 Å². The Hall–Kier alpha value is -1.57. The van der Waals surface area contributed by atoms with Crippen molar-refractivity contribution < 1.29 is 18.7 Å². The third-order valence-electron chi connectivity index (χ3n) is 6.37. The number of aliphatic hydroxyl groups is 1. The summed E-state index contributed by atoms with van der Waals surface area (Å²) in [5.74, 6) is -2.10. The van der Waals surface area contributed by atoms with E-state index in [0.717, 1.165) is 38.5 Å². The first-order valence-corrected chi connectivity index (χ1v) is 9.29. The van der Waals surface area contributed by atoms with Gasteiger partial charge in [-0.05, 0) is 57.1 Å². The number of hydrogen-bond acceptors (Lipinski definition) is 4. The topological polar surface area (TPSA) is 55.8 Å². The number of benzene rings is 1. The summed E-state index contributed by atoms with van der Waals surface area (Å²) in [6, 6.07) is 3.41. The fourth-order valence-corrected chi connectivity index (χ4v) is 4.87. The molecule has 5 rings (SSSR count). The Bertz CT molecular complexity index is 708. The highest BCUT2D eigenvalue weighted by Gasteiger charge is 2.51. The van der Waals surface area contributed by atoms with Gasteiger partial charge in [0.1, 0.15) is 0 Å². The van der Waals surface area contributed by atoms with Gasteiger partial charge >= 0.3 is 0 Å². The molecule has 4 aliphatic rings. The molecule has 4 saturated heterocycles. The van der Waals surface area contributed by atoms with Gasteiger partial charge < -0.3 is 10.4 Å². The molecule has 5 nitrogen and oxygen atoms in total. The molecule has 4 heterocycles. The molecule has 2 bridgehead atoms. The number of halogens is 2. The molecule has 7 heteroatoms. The maximum absolute atomic E-state index is 13.7. The normalized spacial score (nSPS) is 37.1. The lowest BCUT2D eigenvalue weighted by atomic mass is 9.74. The minimum absolute atomic E-state index is 0.00616. The van der Waals surface area contributed by atoms with Crippen LogP contribution in [0.15, 0.2) is 18.2 Å². The molecular formula is C19H25F2N3O2. The molecule has 3 atom stereocenters. The summed E-state index contributed by atoms with van der Waals surface area (Å²) in [6.45, 7) is 2.98. The zero-order valence-electron chi connectivity index (χ0n) is 14.9. The maximum Gasteiger partial charge on any atom is 0.253 e. The number of carbonyl (C=O) groups is 1. The quantitative estimate of drug-likeness (QED) is 0.848. The average Bonchev–Trinajstić information content (AvgIpc) is 2.98. The average molecular weight is 365 g/mol. The molecule has 1 unspecified atom stereocenters. The molecule has 142 valence electrons. The van der Waals surface area contributed by atoms with E-state index in [4.69, 9.17) is 0 Å². The van der Waals surface area contributed by atoms with Crippen molar-refractivity contribution in [2.75, 3.05) is 33.2 Å². The van der Waals surface area contributed by atoms with Crippen molar-refractivity contribution in [3.8, 4) is 0 Å². The van der Waals surface area contributed by atoms with Crippen molar-refractivity contribution in [1.82, 2.24) is 15.1 Å². The van der Waals surface area contributed by atoms with E-state index in [-0.39, 0.29) is 23.9 Å². The second-order valence-corrected chi connectivity index (χ2v) is 7.94. The van der Waals surface area contributed by atoms with Gasteiger partial charge in [-0.15, -0.1) is 0 Å². The predicted molar refractivity (Wildman–Crippen MR) is 92.4 cm³/mol. The van der Waals surface area contributed by atoms with E-state index in [2.05, 4.69) is 10.2 Å². The van der Waals surface area contributed by atoms with Crippen molar-refractivity contribution in [3.05, 3.63) is 35.4 Å². The fourth-order valence-electron chi connectivity index (χ4n) is 4.87. The Morgan fingerprint density at radius 1 is 1.19 bits per heavy atom. The molecule has 1 aromatic rings. The standard InChI is InChI=1S/C19H25F2N3O2/c1-23-7-6-16(17(23)12-2-3-14(20)15(21)10-12)22-18(25)19(26)11-24-8-4-13(19)5-9-24/h2-3,10,13,16-17,26H,4-9,11H2,1H3,(H,22,25)/t16-,17+,19?/m1/s1. The number of fused-ring (bicyclic) bond motifs is 3. The van der Waals surface area contributed by atoms with Gasteiger partial charge in [0.15, 0.2) is 17.2 Å². The van der Waals surface area contributed by atoms with Crippen molar-refractivity contribution >= 4 is 5.91 Å². The van der Waals surface area contributed by atoms with Crippen molar-refractivity contribution in [1.29, 1.82) is 0 Å². The van der Waals surface area contributed by atoms with Crippen LogP contribution in [0.25, 0.3) is 0 Å². The fraction of sp³-hybridized carbons (Fsp3) is 0.632. The van der Waals surface area contributed by atoms with Gasteiger partial charge in [0.2, 0.25) is 0 Å². The molecule has 0 saturated carbocycles. The van der Waals surface area contributed by atoms with E-state index in [1.807, 2.05) is 11.9 Å². The van der Waals surface area contributed by atoms with E-state index < -0.39 is 17.2 Å². The summed E-state index contributed by atoms with van der Waals surface area (Å²) in [5, 5.41) is 14.0. The Kier molecular flexibility index (Phi) is 4.49. The lowest BCUT2D eigenvalue weighted by molar-refractivity contribution is -0.163. The summed E-state index contributed by atoms with van der Waals surface area (Å²) in [4.78, 5) is 17.1. The minimum Gasteiger partial charge on any atom is -0.378 e. The number of piperidine rings is 3. The minimum atomic E-state index is -1.35. The number of nitrogens with one attached hydrogen (secondary N) is 1. The highest BCUT2D eigenvalue weighted by Crippen LogP contribution is 2.37. The molecule has 0 aliphatic carbocycles. The molecule has 2 N–H and O–H groups in total. The number of likely N-dealkylation sites (tertiary alicyclic amines) is 1. The number of hydrogen-bond donors (Lipinski definition) is 2. The van der Waals surface area contributed by atoms with Crippen LogP contribution in [0.2, 0.25) is 0 Å². The molecular weight excluding hydrogens is 340 g/mol. The molecule has 1 amide bonds. The van der Waals surface area contributed by atoms with Crippen LogP contribution in [-0.2, 0) is 4.79 Å². The van der Waals surface area contributed by atoms with Crippen molar-refractivity contribution in [2.45, 2.75) is 36.9 Å². The highest BCUT2D eigenvalue weighted by molar-refractivity contribution is 5.86. The van der Waals surface area contributed by atoms with Crippen LogP contribution in [-0.4, -0.2) is 65.7 Å². The molecule has 0 aromatic heterocycles. The number of nitrogens with zero attached hydrogens (tertiary/aromatic N) is 2. The number of amides is 1. The SMILES string of the molecule is CN1CC[C@@H](NC(=O)C2(O)CN3CCC2CC3)[C@@H]1c1ccc(F)c(F)c1. The Morgan fingerprint density at radius 2 is 1.92 bits per heavy atom. The molecule has 0 radical (unpaired) electrons. The largest absolute Gasteiger partial charge is 0.378 e. The molecule has 0 spiro atoms. The van der Waals surface area contributed by atoms with Gasteiger partial charge in [-0.2, -0.15) is 0 Å². The Morgan fingerprint density at radius 3 is 2.54 bits per heavy atom. The monoisotopic (exact) mass is 365 g/mol. The van der Waals surface area contributed by atoms with Crippen molar-refractivity contribution in [3.63, 3.8) is 0 Å². The van der Waals surface area contributed by atoms with E-state index in [9.17, 15) is 18.7 Å². The van der Waals surface area contributed by atoms with Crippen LogP contribution in [0, 0.1) is 17.6 Å². The molecule has 4 aliphatic heterocycles. The summed E-state index contributed by atoms with van der Waals surface area (Å²) < 4.78 is 27.0. The second-order valence-electron chi connectivity index (χ2n) is 7.94. The van der Waals surface area contributed by atoms with Crippen LogP contribution in [0.1, 0.15) is 30.9 Å². The van der Waals surface area contributed by atoms with Gasteiger partial charge in [-0.3, -0.25) is 14.6 Å². The van der Waals surface area contributed by atoms with Gasteiger partial charge in [-0.1, -0.05) is 6.07 Å². The lowest BCUT2D eigenvalue weighted by Gasteiger charge is -2.49. The van der Waals surface area contributed by atoms with Crippen LogP contribution in [0.3, 0.4) is 0 Å². The summed E-state index contributed by atoms with van der Waals surface area (Å²) in [7, 11) is 1.90. The van der Waals surface area contributed by atoms with E-state index >= 15 is 0 Å². The molecule has 4 fully saturated rings. The van der Waals surface area contributed by atoms with Gasteiger partial charge in [-0.25, -0.2) is 8.78 Å². The smallest absolute Gasteiger partial charge is 0.253 e. The predicted octanol–water partition coefficient (Wildman–Crippen LogP) is 1.28. The van der Waals surface area contributed by atoms with Crippen LogP contribution in [0.5, 0.6) is 0 Å². The van der Waals surface area contributed by atoms with Crippen LogP contribution >= 0.6 is 0 Å². The third-order valence-corrected chi connectivity index (χ3v) is 6.37. The van der Waals surface area contributed by atoms with E-state index in [0.29, 0.717) is 18.5 Å². The molecule has 1 aromatic carbocycles. The first kappa shape index (κ1) is 17.8. The van der Waals surface area contributed by atoms with Crippen LogP contribution < -0.4 is 5.32 Å². The zero-order chi connectivity index (χ0) is 18.5. The second kappa shape index (κ2) is 6.55. The first-order chi connectivity index (χ1) is 12.4.